The molecule has 0 rings (SSSR count). The zero-order chi connectivity index (χ0) is 80.3. The van der Waals surface area contributed by atoms with E-state index >= 15 is 0 Å². The number of carbonyl (C=O) groups is 4. The van der Waals surface area contributed by atoms with Crippen molar-refractivity contribution in [1.29, 1.82) is 0 Å². The molecule has 3 N–H and O–H groups in total. The number of hydrogen-bond donors (Lipinski definition) is 3. The van der Waals surface area contributed by atoms with E-state index in [0.29, 0.717) is 25.7 Å². The van der Waals surface area contributed by atoms with E-state index in [1.165, 1.54) is 334 Å². The Labute approximate surface area is 677 Å². The molecule has 2 unspecified atom stereocenters. The third-order valence-electron chi connectivity index (χ3n) is 21.6. The highest BCUT2D eigenvalue weighted by atomic mass is 31.2. The molecule has 0 amide bonds. The third-order valence-corrected chi connectivity index (χ3v) is 23.5. The quantitative estimate of drug-likeness (QED) is 0.0222. The summed E-state index contributed by atoms with van der Waals surface area (Å²) in [5, 5.41) is 10.7. The van der Waals surface area contributed by atoms with Crippen LogP contribution in [0.3, 0.4) is 0 Å². The number of phosphoric ester groups is 2. The molecule has 0 aliphatic carbocycles. The van der Waals surface area contributed by atoms with E-state index in [1.807, 2.05) is 0 Å². The largest absolute Gasteiger partial charge is 0.472 e. The van der Waals surface area contributed by atoms with Crippen LogP contribution in [0, 0.1) is 0 Å². The summed E-state index contributed by atoms with van der Waals surface area (Å²) < 4.78 is 69.1. The number of hydrogen-bond acceptors (Lipinski definition) is 15. The SMILES string of the molecule is CCCCCCCCCCCCCCCCCCCCCCC(=O)OC[C@H](COP(=O)(O)OC[C@@H](O)COP(=O)(O)OC[C@@H](COC(=O)CCCCCCCCCCCCC)OC(=O)CCCCCCCCCCCCCCCCCCCCC)OC(=O)CCCCCCCCCCCCCCCCCCCCCC. The van der Waals surface area contributed by atoms with E-state index in [1.54, 1.807) is 0 Å². The summed E-state index contributed by atoms with van der Waals surface area (Å²) in [6.45, 7) is 5.09. The lowest BCUT2D eigenvalue weighted by atomic mass is 10.0. The molecule has 19 heteroatoms. The Balaban J connectivity index is 5.22. The monoisotopic (exact) mass is 1610 g/mol. The van der Waals surface area contributed by atoms with E-state index in [9.17, 15) is 43.2 Å². The molecule has 654 valence electrons. The highest BCUT2D eigenvalue weighted by Gasteiger charge is 2.31. The first-order valence-electron chi connectivity index (χ1n) is 47.3. The van der Waals surface area contributed by atoms with Gasteiger partial charge in [-0.1, -0.05) is 451 Å². The number of esters is 4. The second-order valence-corrected chi connectivity index (χ2v) is 35.6. The molecular formula is C91H178O17P2. The topological polar surface area (TPSA) is 237 Å². The van der Waals surface area contributed by atoms with E-state index in [-0.39, 0.29) is 25.7 Å². The van der Waals surface area contributed by atoms with Gasteiger partial charge in [0.15, 0.2) is 12.2 Å². The summed E-state index contributed by atoms with van der Waals surface area (Å²) in [6.07, 6.45) is 82.0. The molecule has 0 fully saturated rings. The van der Waals surface area contributed by atoms with Crippen molar-refractivity contribution in [3.8, 4) is 0 Å². The molecule has 0 aromatic carbocycles. The van der Waals surface area contributed by atoms with Gasteiger partial charge >= 0.3 is 39.5 Å². The van der Waals surface area contributed by atoms with Gasteiger partial charge in [0.1, 0.15) is 19.3 Å². The maximum absolute atomic E-state index is 13.2. The minimum absolute atomic E-state index is 0.110. The average Bonchev–Trinajstić information content (AvgIpc) is 0.910. The lowest BCUT2D eigenvalue weighted by molar-refractivity contribution is -0.161. The molecular weight excluding hydrogens is 1430 g/mol. The van der Waals surface area contributed by atoms with Crippen molar-refractivity contribution in [1.82, 2.24) is 0 Å². The minimum Gasteiger partial charge on any atom is -0.462 e. The number of aliphatic hydroxyl groups excluding tert-OH is 1. The van der Waals surface area contributed by atoms with Crippen molar-refractivity contribution >= 4 is 39.5 Å². The van der Waals surface area contributed by atoms with Crippen LogP contribution < -0.4 is 0 Å². The second-order valence-electron chi connectivity index (χ2n) is 32.7. The molecule has 0 bridgehead atoms. The molecule has 0 aromatic rings. The van der Waals surface area contributed by atoms with Crippen molar-refractivity contribution in [2.45, 2.75) is 521 Å². The average molecular weight is 1610 g/mol. The van der Waals surface area contributed by atoms with Crippen LogP contribution in [0.15, 0.2) is 0 Å². The number of ether oxygens (including phenoxy) is 4. The van der Waals surface area contributed by atoms with E-state index < -0.39 is 97.5 Å². The summed E-state index contributed by atoms with van der Waals surface area (Å²) in [4.78, 5) is 73.4. The predicted octanol–water partition coefficient (Wildman–Crippen LogP) is 28.5. The molecule has 5 atom stereocenters. The summed E-state index contributed by atoms with van der Waals surface area (Å²) in [5.41, 5.74) is 0. The molecule has 110 heavy (non-hydrogen) atoms. The van der Waals surface area contributed by atoms with E-state index in [2.05, 4.69) is 27.7 Å². The van der Waals surface area contributed by atoms with Gasteiger partial charge in [-0.25, -0.2) is 9.13 Å². The van der Waals surface area contributed by atoms with Crippen LogP contribution in [0.25, 0.3) is 0 Å². The molecule has 0 saturated carbocycles. The number of unbranched alkanes of at least 4 members (excludes halogenated alkanes) is 66. The van der Waals surface area contributed by atoms with Crippen LogP contribution in [-0.2, 0) is 65.4 Å². The smallest absolute Gasteiger partial charge is 0.462 e. The van der Waals surface area contributed by atoms with Crippen LogP contribution in [0.1, 0.15) is 503 Å². The molecule has 0 spiro atoms. The standard InChI is InChI=1S/C91H178O17P2/c1-5-9-13-17-21-25-29-32-35-38-41-44-46-49-52-56-60-64-68-72-76-89(94)102-82-87(108-91(96)78-74-70-66-62-58-54-51-48-45-42-39-36-33-30-26-22-18-14-10-6-2)84-106-110(99,100)104-80-85(92)79-103-109(97,98)105-83-86(81-101-88(93)75-71-67-63-59-55-28-24-20-16-12-8-4)107-90(95)77-73-69-65-61-57-53-50-47-43-40-37-34-31-27-23-19-15-11-7-3/h85-87,92H,5-84H2,1-4H3,(H,97,98)(H,99,100)/t85-,86+,87+/m0/s1. The molecule has 0 saturated heterocycles. The van der Waals surface area contributed by atoms with Crippen molar-refractivity contribution in [3.05, 3.63) is 0 Å². The number of phosphoric acid groups is 2. The minimum atomic E-state index is -4.97. The summed E-state index contributed by atoms with van der Waals surface area (Å²) in [7, 11) is -9.93. The Bertz CT molecular complexity index is 2070. The first kappa shape index (κ1) is 108. The fourth-order valence-electron chi connectivity index (χ4n) is 14.4. The van der Waals surface area contributed by atoms with Gasteiger partial charge in [-0.3, -0.25) is 37.3 Å². The predicted molar refractivity (Wildman–Crippen MR) is 455 cm³/mol. The molecule has 0 aliphatic heterocycles. The summed E-state index contributed by atoms with van der Waals surface area (Å²) in [6, 6.07) is 0. The van der Waals surface area contributed by atoms with Gasteiger partial charge in [0, 0.05) is 25.7 Å². The lowest BCUT2D eigenvalue weighted by Gasteiger charge is -2.21. The highest BCUT2D eigenvalue weighted by Crippen LogP contribution is 2.45. The summed E-state index contributed by atoms with van der Waals surface area (Å²) >= 11 is 0. The Morgan fingerprint density at radius 3 is 0.536 bits per heavy atom. The van der Waals surface area contributed by atoms with Gasteiger partial charge in [-0.15, -0.1) is 0 Å². The van der Waals surface area contributed by atoms with Crippen molar-refractivity contribution in [2.75, 3.05) is 39.6 Å². The van der Waals surface area contributed by atoms with Crippen LogP contribution in [0.2, 0.25) is 0 Å². The number of carbonyl (C=O) groups excluding carboxylic acids is 4. The first-order valence-corrected chi connectivity index (χ1v) is 50.3. The molecule has 0 heterocycles. The molecule has 0 aliphatic rings. The van der Waals surface area contributed by atoms with Crippen molar-refractivity contribution in [3.63, 3.8) is 0 Å². The van der Waals surface area contributed by atoms with Crippen molar-refractivity contribution in [2.24, 2.45) is 0 Å². The maximum Gasteiger partial charge on any atom is 0.472 e. The van der Waals surface area contributed by atoms with Gasteiger partial charge < -0.3 is 33.8 Å². The third kappa shape index (κ3) is 84.0. The Hall–Kier alpha value is -1.94. The molecule has 0 aromatic heterocycles. The zero-order valence-electron chi connectivity index (χ0n) is 72.3. The van der Waals surface area contributed by atoms with E-state index in [4.69, 9.17) is 37.0 Å². The van der Waals surface area contributed by atoms with Gasteiger partial charge in [-0.2, -0.15) is 0 Å². The van der Waals surface area contributed by atoms with Crippen LogP contribution >= 0.6 is 15.6 Å². The fraction of sp³-hybridized carbons (Fsp3) is 0.956. The summed E-state index contributed by atoms with van der Waals surface area (Å²) in [5.74, 6) is -2.09. The Kier molecular flexibility index (Phi) is 83.5. The molecule has 17 nitrogen and oxygen atoms in total. The Morgan fingerprint density at radius 2 is 0.364 bits per heavy atom. The Morgan fingerprint density at radius 1 is 0.218 bits per heavy atom. The first-order chi connectivity index (χ1) is 53.7. The van der Waals surface area contributed by atoms with E-state index in [0.717, 1.165) is 89.9 Å². The van der Waals surface area contributed by atoms with Gasteiger partial charge in [0.2, 0.25) is 0 Å². The highest BCUT2D eigenvalue weighted by molar-refractivity contribution is 7.47. The van der Waals surface area contributed by atoms with Crippen LogP contribution in [-0.4, -0.2) is 96.7 Å². The number of aliphatic hydroxyl groups is 1. The number of rotatable bonds is 92. The second kappa shape index (κ2) is 85.0. The normalized spacial score (nSPS) is 13.6. The van der Waals surface area contributed by atoms with Gasteiger partial charge in [0.25, 0.3) is 0 Å². The maximum atomic E-state index is 13.2. The fourth-order valence-corrected chi connectivity index (χ4v) is 16.0. The zero-order valence-corrected chi connectivity index (χ0v) is 74.0. The van der Waals surface area contributed by atoms with Gasteiger partial charge in [-0.05, 0) is 25.7 Å². The lowest BCUT2D eigenvalue weighted by Crippen LogP contribution is -2.30. The van der Waals surface area contributed by atoms with Crippen LogP contribution in [0.4, 0.5) is 0 Å². The molecule has 0 radical (unpaired) electrons. The van der Waals surface area contributed by atoms with Crippen LogP contribution in [0.5, 0.6) is 0 Å². The van der Waals surface area contributed by atoms with Crippen molar-refractivity contribution < 1.29 is 80.2 Å². The van der Waals surface area contributed by atoms with Gasteiger partial charge in [0.05, 0.1) is 26.4 Å².